The summed E-state index contributed by atoms with van der Waals surface area (Å²) in [5.74, 6) is -3.25. The van der Waals surface area contributed by atoms with E-state index in [4.69, 9.17) is 10.2 Å². The van der Waals surface area contributed by atoms with Crippen LogP contribution in [-0.2, 0) is 24.3 Å². The summed E-state index contributed by atoms with van der Waals surface area (Å²) < 4.78 is 47.1. The Balaban J connectivity index is 1.42. The van der Waals surface area contributed by atoms with Crippen molar-refractivity contribution in [3.8, 4) is 11.6 Å². The number of hydrogen-bond donors (Lipinski definition) is 1. The lowest BCUT2D eigenvalue weighted by Gasteiger charge is -2.28. The van der Waals surface area contributed by atoms with E-state index in [1.165, 1.54) is 12.5 Å². The minimum absolute atomic E-state index is 0.0729. The lowest BCUT2D eigenvalue weighted by Crippen LogP contribution is -2.41. The van der Waals surface area contributed by atoms with Crippen LogP contribution in [-0.4, -0.2) is 43.4 Å². The van der Waals surface area contributed by atoms with Gasteiger partial charge in [-0.05, 0) is 18.1 Å². The molecule has 0 radical (unpaired) electrons. The van der Waals surface area contributed by atoms with Crippen molar-refractivity contribution in [3.63, 3.8) is 0 Å². The highest BCUT2D eigenvalue weighted by atomic mass is 19.2. The van der Waals surface area contributed by atoms with Crippen LogP contribution in [0.2, 0.25) is 0 Å². The number of nitrogens with zero attached hydrogens (tertiary/aromatic N) is 5. The van der Waals surface area contributed by atoms with Crippen LogP contribution in [0.1, 0.15) is 17.7 Å². The summed E-state index contributed by atoms with van der Waals surface area (Å²) in [7, 11) is 0. The molecule has 0 saturated carbocycles. The second-order valence-corrected chi connectivity index (χ2v) is 6.79. The van der Waals surface area contributed by atoms with Crippen molar-refractivity contribution in [3.05, 3.63) is 53.3 Å². The van der Waals surface area contributed by atoms with Gasteiger partial charge in [0.2, 0.25) is 11.8 Å². The van der Waals surface area contributed by atoms with Gasteiger partial charge < -0.3 is 15.1 Å². The van der Waals surface area contributed by atoms with Crippen molar-refractivity contribution in [2.75, 3.05) is 6.54 Å². The molecule has 1 atom stereocenters. The van der Waals surface area contributed by atoms with E-state index in [-0.39, 0.29) is 30.9 Å². The fourth-order valence-corrected chi connectivity index (χ4v) is 3.29. The largest absolute Gasteiger partial charge is 0.443 e. The number of nitrogens with two attached hydrogens (primary N) is 1. The summed E-state index contributed by atoms with van der Waals surface area (Å²) in [4.78, 5) is 18.3. The van der Waals surface area contributed by atoms with Gasteiger partial charge in [0.15, 0.2) is 17.3 Å². The summed E-state index contributed by atoms with van der Waals surface area (Å²) in [5, 5.41) is 8.11. The van der Waals surface area contributed by atoms with Gasteiger partial charge in [-0.1, -0.05) is 5.21 Å². The first-order valence-electron chi connectivity index (χ1n) is 8.91. The molecular formula is C18H17F3N6O2. The Hall–Kier alpha value is -3.21. The zero-order valence-electron chi connectivity index (χ0n) is 15.2. The molecule has 1 aliphatic rings. The smallest absolute Gasteiger partial charge is 0.249 e. The van der Waals surface area contributed by atoms with Gasteiger partial charge in [-0.2, -0.15) is 0 Å². The molecule has 4 rings (SSSR count). The predicted molar refractivity (Wildman–Crippen MR) is 93.5 cm³/mol. The number of carbonyl (C=O) groups is 1. The van der Waals surface area contributed by atoms with Crippen LogP contribution in [0.15, 0.2) is 29.0 Å². The molecular weight excluding hydrogens is 389 g/mol. The van der Waals surface area contributed by atoms with Crippen LogP contribution in [0, 0.1) is 17.5 Å². The topological polar surface area (TPSA) is 103 Å². The molecule has 0 saturated heterocycles. The summed E-state index contributed by atoms with van der Waals surface area (Å²) in [6.07, 6.45) is 2.74. The van der Waals surface area contributed by atoms with E-state index in [0.29, 0.717) is 36.4 Å². The maximum absolute atomic E-state index is 13.8. The molecule has 0 bridgehead atoms. The van der Waals surface area contributed by atoms with Gasteiger partial charge in [-0.15, -0.1) is 5.10 Å². The zero-order valence-corrected chi connectivity index (χ0v) is 15.2. The van der Waals surface area contributed by atoms with E-state index < -0.39 is 23.5 Å². The molecule has 0 unspecified atom stereocenters. The van der Waals surface area contributed by atoms with Crippen molar-refractivity contribution in [2.24, 2.45) is 5.73 Å². The molecule has 152 valence electrons. The maximum atomic E-state index is 13.8. The molecule has 11 heteroatoms. The number of halogens is 3. The third-order valence-electron chi connectivity index (χ3n) is 4.76. The monoisotopic (exact) mass is 406 g/mol. The number of carbonyl (C=O) groups excluding carboxylic acids is 1. The van der Waals surface area contributed by atoms with Gasteiger partial charge >= 0.3 is 0 Å². The van der Waals surface area contributed by atoms with E-state index in [2.05, 4.69) is 15.3 Å². The SMILES string of the molecule is N[C@@H](CC(=O)N1CCn2nnc(-c3ncco3)c2C1)Cc1cc(F)c(F)cc1F. The number of benzene rings is 1. The van der Waals surface area contributed by atoms with Gasteiger partial charge in [0.25, 0.3) is 0 Å². The highest BCUT2D eigenvalue weighted by Gasteiger charge is 2.28. The average molecular weight is 406 g/mol. The highest BCUT2D eigenvalue weighted by molar-refractivity contribution is 5.77. The summed E-state index contributed by atoms with van der Waals surface area (Å²) in [6, 6.07) is 0.489. The fraction of sp³-hybridized carbons (Fsp3) is 0.333. The summed E-state index contributed by atoms with van der Waals surface area (Å²) in [6.45, 7) is 1.10. The number of amides is 1. The van der Waals surface area contributed by atoms with Crippen molar-refractivity contribution in [2.45, 2.75) is 32.0 Å². The van der Waals surface area contributed by atoms with Gasteiger partial charge in [-0.25, -0.2) is 22.8 Å². The molecule has 1 amide bonds. The summed E-state index contributed by atoms with van der Waals surface area (Å²) in [5.41, 5.74) is 7.04. The van der Waals surface area contributed by atoms with Crippen molar-refractivity contribution in [1.82, 2.24) is 24.9 Å². The van der Waals surface area contributed by atoms with E-state index in [0.717, 1.165) is 6.07 Å². The van der Waals surface area contributed by atoms with Crippen LogP contribution in [0.4, 0.5) is 13.2 Å². The molecule has 0 fully saturated rings. The van der Waals surface area contributed by atoms with Gasteiger partial charge in [0.05, 0.1) is 25.0 Å². The number of aromatic nitrogens is 4. The second-order valence-electron chi connectivity index (χ2n) is 6.79. The third kappa shape index (κ3) is 3.86. The van der Waals surface area contributed by atoms with Crippen LogP contribution in [0.5, 0.6) is 0 Å². The Kier molecular flexibility index (Phi) is 5.05. The minimum Gasteiger partial charge on any atom is -0.443 e. The molecule has 2 N–H and O–H groups in total. The molecule has 0 spiro atoms. The zero-order chi connectivity index (χ0) is 20.5. The summed E-state index contributed by atoms with van der Waals surface area (Å²) >= 11 is 0. The molecule has 0 aliphatic carbocycles. The van der Waals surface area contributed by atoms with E-state index in [9.17, 15) is 18.0 Å². The standard InChI is InChI=1S/C18H17F3N6O2/c19-12-8-14(21)13(20)6-10(12)5-11(22)7-16(28)26-2-3-27-15(9-26)17(24-25-27)18-23-1-4-29-18/h1,4,6,8,11H,2-3,5,7,9,22H2/t11-/m1/s1. The molecule has 3 aromatic rings. The quantitative estimate of drug-likeness (QED) is 0.647. The van der Waals surface area contributed by atoms with Gasteiger partial charge in [0.1, 0.15) is 12.1 Å². The van der Waals surface area contributed by atoms with Gasteiger partial charge in [0, 0.05) is 25.1 Å². The first-order chi connectivity index (χ1) is 13.9. The van der Waals surface area contributed by atoms with Crippen molar-refractivity contribution < 1.29 is 22.4 Å². The first kappa shape index (κ1) is 19.1. The lowest BCUT2D eigenvalue weighted by molar-refractivity contribution is -0.133. The number of oxazole rings is 1. The molecule has 8 nitrogen and oxygen atoms in total. The second kappa shape index (κ2) is 7.66. The minimum atomic E-state index is -1.27. The molecule has 1 aromatic carbocycles. The van der Waals surface area contributed by atoms with Crippen molar-refractivity contribution in [1.29, 1.82) is 0 Å². The molecule has 1 aliphatic heterocycles. The normalized spacial score (nSPS) is 14.7. The molecule has 2 aromatic heterocycles. The van der Waals surface area contributed by atoms with Gasteiger partial charge in [-0.3, -0.25) is 4.79 Å². The Morgan fingerprint density at radius 2 is 2.00 bits per heavy atom. The molecule has 29 heavy (non-hydrogen) atoms. The number of rotatable bonds is 5. The van der Waals surface area contributed by atoms with Crippen LogP contribution < -0.4 is 5.73 Å². The Labute approximate surface area is 163 Å². The third-order valence-corrected chi connectivity index (χ3v) is 4.76. The Morgan fingerprint density at radius 3 is 2.76 bits per heavy atom. The average Bonchev–Trinajstić information content (AvgIpc) is 3.34. The Morgan fingerprint density at radius 1 is 1.21 bits per heavy atom. The van der Waals surface area contributed by atoms with Crippen LogP contribution in [0.25, 0.3) is 11.6 Å². The van der Waals surface area contributed by atoms with E-state index in [1.54, 1.807) is 9.58 Å². The number of fused-ring (bicyclic) bond motifs is 1. The lowest BCUT2D eigenvalue weighted by atomic mass is 10.0. The predicted octanol–water partition coefficient (Wildman–Crippen LogP) is 1.65. The van der Waals surface area contributed by atoms with E-state index in [1.807, 2.05) is 0 Å². The van der Waals surface area contributed by atoms with Crippen LogP contribution >= 0.6 is 0 Å². The number of hydrogen-bond acceptors (Lipinski definition) is 6. The maximum Gasteiger partial charge on any atom is 0.249 e. The van der Waals surface area contributed by atoms with Crippen molar-refractivity contribution >= 4 is 5.91 Å². The van der Waals surface area contributed by atoms with Crippen LogP contribution in [0.3, 0.4) is 0 Å². The Bertz CT molecular complexity index is 1040. The highest BCUT2D eigenvalue weighted by Crippen LogP contribution is 2.24. The molecule has 3 heterocycles. The first-order valence-corrected chi connectivity index (χ1v) is 8.91. The van der Waals surface area contributed by atoms with E-state index >= 15 is 0 Å². The fourth-order valence-electron chi connectivity index (χ4n) is 3.29.